The van der Waals surface area contributed by atoms with Crippen LogP contribution < -0.4 is 11.1 Å². The molecule has 0 amide bonds. The lowest BCUT2D eigenvalue weighted by Crippen LogP contribution is -2.39. The third-order valence-electron chi connectivity index (χ3n) is 3.49. The number of pyridine rings is 1. The van der Waals surface area contributed by atoms with Crippen molar-refractivity contribution in [3.8, 4) is 0 Å². The quantitative estimate of drug-likeness (QED) is 0.814. The van der Waals surface area contributed by atoms with Gasteiger partial charge in [0.25, 0.3) is 0 Å². The highest BCUT2D eigenvalue weighted by atomic mass is 19.4. The molecule has 0 aromatic carbocycles. The van der Waals surface area contributed by atoms with Crippen LogP contribution in [-0.4, -0.2) is 17.1 Å². The van der Waals surface area contributed by atoms with Crippen molar-refractivity contribution < 1.29 is 13.2 Å². The van der Waals surface area contributed by atoms with Crippen molar-refractivity contribution in [1.82, 2.24) is 4.98 Å². The van der Waals surface area contributed by atoms with Crippen molar-refractivity contribution in [1.29, 1.82) is 0 Å². The normalized spacial score (nSPS) is 24.8. The smallest absolute Gasteiger partial charge is 0.366 e. The molecule has 1 fully saturated rings. The highest BCUT2D eigenvalue weighted by Crippen LogP contribution is 2.29. The van der Waals surface area contributed by atoms with E-state index in [2.05, 4.69) is 10.3 Å². The first-order valence-corrected chi connectivity index (χ1v) is 6.52. The number of alkyl halides is 3. The lowest BCUT2D eigenvalue weighted by molar-refractivity contribution is -0.137. The zero-order valence-electron chi connectivity index (χ0n) is 10.6. The molecule has 3 nitrogen and oxygen atoms in total. The molecule has 1 aromatic heterocycles. The molecule has 6 heteroatoms. The minimum absolute atomic E-state index is 0.0339. The zero-order valence-corrected chi connectivity index (χ0v) is 10.6. The molecule has 1 aromatic rings. The summed E-state index contributed by atoms with van der Waals surface area (Å²) >= 11 is 0. The molecule has 2 rings (SSSR count). The summed E-state index contributed by atoms with van der Waals surface area (Å²) in [5.41, 5.74) is 5.32. The minimum Gasteiger partial charge on any atom is -0.366 e. The number of rotatable bonds is 2. The van der Waals surface area contributed by atoms with Crippen LogP contribution in [0.2, 0.25) is 0 Å². The Hall–Kier alpha value is -1.30. The SMILES string of the molecule is NC1CCCCCC1Nc1ccc(C(F)(F)F)cn1. The Balaban J connectivity index is 2.02. The molecule has 106 valence electrons. The first-order valence-electron chi connectivity index (χ1n) is 6.52. The number of nitrogens with one attached hydrogen (secondary N) is 1. The fraction of sp³-hybridized carbons (Fsp3) is 0.615. The van der Waals surface area contributed by atoms with Crippen molar-refractivity contribution in [2.45, 2.75) is 50.4 Å². The van der Waals surface area contributed by atoms with E-state index in [1.165, 1.54) is 6.07 Å². The fourth-order valence-corrected chi connectivity index (χ4v) is 2.35. The maximum absolute atomic E-state index is 12.4. The summed E-state index contributed by atoms with van der Waals surface area (Å²) in [6.45, 7) is 0. The fourth-order valence-electron chi connectivity index (χ4n) is 2.35. The molecule has 1 aliphatic carbocycles. The average molecular weight is 273 g/mol. The molecule has 2 unspecified atom stereocenters. The number of hydrogen-bond acceptors (Lipinski definition) is 3. The zero-order chi connectivity index (χ0) is 13.9. The maximum Gasteiger partial charge on any atom is 0.417 e. The van der Waals surface area contributed by atoms with Gasteiger partial charge in [-0.1, -0.05) is 19.3 Å². The average Bonchev–Trinajstić information content (AvgIpc) is 2.55. The predicted octanol–water partition coefficient (Wildman–Crippen LogP) is 3.17. The van der Waals surface area contributed by atoms with E-state index in [9.17, 15) is 13.2 Å². The summed E-state index contributed by atoms with van der Waals surface area (Å²) in [4.78, 5) is 3.82. The Bertz CT molecular complexity index is 403. The second kappa shape index (κ2) is 5.77. The molecular weight excluding hydrogens is 255 g/mol. The van der Waals surface area contributed by atoms with Crippen LogP contribution >= 0.6 is 0 Å². The lowest BCUT2D eigenvalue weighted by Gasteiger charge is -2.23. The Morgan fingerprint density at radius 1 is 1.16 bits per heavy atom. The molecule has 3 N–H and O–H groups in total. The van der Waals surface area contributed by atoms with Crippen LogP contribution in [-0.2, 0) is 6.18 Å². The summed E-state index contributed by atoms with van der Waals surface area (Å²) in [7, 11) is 0. The van der Waals surface area contributed by atoms with Crippen molar-refractivity contribution >= 4 is 5.82 Å². The molecule has 0 spiro atoms. The molecule has 0 bridgehead atoms. The summed E-state index contributed by atoms with van der Waals surface area (Å²) in [6, 6.07) is 2.52. The van der Waals surface area contributed by atoms with E-state index in [1.807, 2.05) is 0 Å². The van der Waals surface area contributed by atoms with E-state index in [1.54, 1.807) is 0 Å². The van der Waals surface area contributed by atoms with Gasteiger partial charge in [0.1, 0.15) is 5.82 Å². The molecule has 19 heavy (non-hydrogen) atoms. The van der Waals surface area contributed by atoms with Gasteiger partial charge in [0.2, 0.25) is 0 Å². The molecule has 0 aliphatic heterocycles. The van der Waals surface area contributed by atoms with Gasteiger partial charge >= 0.3 is 6.18 Å². The molecule has 0 radical (unpaired) electrons. The Labute approximate surface area is 110 Å². The number of anilines is 1. The Kier molecular flexibility index (Phi) is 4.29. The highest BCUT2D eigenvalue weighted by Gasteiger charge is 2.30. The number of aromatic nitrogens is 1. The minimum atomic E-state index is -4.34. The summed E-state index contributed by atoms with van der Waals surface area (Å²) in [5.74, 6) is 0.454. The van der Waals surface area contributed by atoms with Crippen molar-refractivity contribution in [3.05, 3.63) is 23.9 Å². The van der Waals surface area contributed by atoms with Crippen molar-refractivity contribution in [2.24, 2.45) is 5.73 Å². The number of nitrogens with two attached hydrogens (primary N) is 1. The van der Waals surface area contributed by atoms with E-state index >= 15 is 0 Å². The van der Waals surface area contributed by atoms with Crippen LogP contribution in [0.1, 0.15) is 37.7 Å². The lowest BCUT2D eigenvalue weighted by atomic mass is 10.0. The van der Waals surface area contributed by atoms with Gasteiger partial charge in [-0.05, 0) is 25.0 Å². The maximum atomic E-state index is 12.4. The largest absolute Gasteiger partial charge is 0.417 e. The van der Waals surface area contributed by atoms with E-state index in [0.29, 0.717) is 5.82 Å². The molecule has 1 saturated carbocycles. The van der Waals surface area contributed by atoms with Crippen LogP contribution in [0.5, 0.6) is 0 Å². The van der Waals surface area contributed by atoms with E-state index in [4.69, 9.17) is 5.73 Å². The highest BCUT2D eigenvalue weighted by molar-refractivity contribution is 5.37. The van der Waals surface area contributed by atoms with Crippen LogP contribution in [0.4, 0.5) is 19.0 Å². The van der Waals surface area contributed by atoms with Gasteiger partial charge in [0.05, 0.1) is 5.56 Å². The third kappa shape index (κ3) is 3.83. The van der Waals surface area contributed by atoms with Gasteiger partial charge < -0.3 is 11.1 Å². The van der Waals surface area contributed by atoms with Gasteiger partial charge in [0, 0.05) is 18.3 Å². The molecule has 2 atom stereocenters. The van der Waals surface area contributed by atoms with Gasteiger partial charge in [-0.3, -0.25) is 0 Å². The van der Waals surface area contributed by atoms with E-state index in [0.717, 1.165) is 44.4 Å². The van der Waals surface area contributed by atoms with Gasteiger partial charge in [0.15, 0.2) is 0 Å². The van der Waals surface area contributed by atoms with Gasteiger partial charge in [-0.25, -0.2) is 4.98 Å². The standard InChI is InChI=1S/C13H18F3N3/c14-13(15,16)9-6-7-12(18-8-9)19-11-5-3-1-2-4-10(11)17/h6-8,10-11H,1-5,17H2,(H,18,19). The molecule has 0 saturated heterocycles. The Morgan fingerprint density at radius 2 is 1.89 bits per heavy atom. The van der Waals surface area contributed by atoms with Crippen molar-refractivity contribution in [3.63, 3.8) is 0 Å². The molecule has 1 aliphatic rings. The number of hydrogen-bond donors (Lipinski definition) is 2. The van der Waals surface area contributed by atoms with Gasteiger partial charge in [-0.2, -0.15) is 13.2 Å². The molecular formula is C13H18F3N3. The molecule has 1 heterocycles. The first-order chi connectivity index (χ1) is 8.97. The van der Waals surface area contributed by atoms with Crippen LogP contribution in [0.3, 0.4) is 0 Å². The second-order valence-corrected chi connectivity index (χ2v) is 4.98. The predicted molar refractivity (Wildman–Crippen MR) is 67.7 cm³/mol. The topological polar surface area (TPSA) is 50.9 Å². The van der Waals surface area contributed by atoms with Crippen molar-refractivity contribution in [2.75, 3.05) is 5.32 Å². The van der Waals surface area contributed by atoms with E-state index in [-0.39, 0.29) is 12.1 Å². The number of halogens is 3. The summed E-state index contributed by atoms with van der Waals surface area (Å²) in [6.07, 6.45) is 1.75. The van der Waals surface area contributed by atoms with Crippen LogP contribution in [0, 0.1) is 0 Å². The Morgan fingerprint density at radius 3 is 2.53 bits per heavy atom. The second-order valence-electron chi connectivity index (χ2n) is 4.98. The van der Waals surface area contributed by atoms with Crippen LogP contribution in [0.25, 0.3) is 0 Å². The van der Waals surface area contributed by atoms with Gasteiger partial charge in [-0.15, -0.1) is 0 Å². The van der Waals surface area contributed by atoms with E-state index < -0.39 is 11.7 Å². The summed E-state index contributed by atoms with van der Waals surface area (Å²) in [5, 5.41) is 3.15. The summed E-state index contributed by atoms with van der Waals surface area (Å²) < 4.78 is 37.2. The first kappa shape index (κ1) is 14.1. The van der Waals surface area contributed by atoms with Crippen LogP contribution in [0.15, 0.2) is 18.3 Å². The number of nitrogens with zero attached hydrogens (tertiary/aromatic N) is 1. The monoisotopic (exact) mass is 273 g/mol. The third-order valence-corrected chi connectivity index (χ3v) is 3.49.